The van der Waals surface area contributed by atoms with Crippen LogP contribution in [-0.2, 0) is 16.1 Å². The number of rotatable bonds is 6. The first-order valence-corrected chi connectivity index (χ1v) is 9.99. The zero-order chi connectivity index (χ0) is 19.1. The number of benzene rings is 2. The summed E-state index contributed by atoms with van der Waals surface area (Å²) >= 11 is 3.40. The highest BCUT2D eigenvalue weighted by Gasteiger charge is 2.25. The Bertz CT molecular complexity index is 774. The number of anilines is 1. The van der Waals surface area contributed by atoms with Gasteiger partial charge in [0.1, 0.15) is 0 Å². The topological polar surface area (TPSA) is 61.4 Å². The van der Waals surface area contributed by atoms with Gasteiger partial charge in [-0.3, -0.25) is 14.5 Å². The molecule has 2 amide bonds. The molecular weight excluding hydrogens is 406 g/mol. The number of piperidine rings is 1. The van der Waals surface area contributed by atoms with Crippen molar-refractivity contribution in [1.82, 2.24) is 10.2 Å². The molecule has 1 heterocycles. The summed E-state index contributed by atoms with van der Waals surface area (Å²) in [7, 11) is 0. The van der Waals surface area contributed by atoms with Gasteiger partial charge in [0.15, 0.2) is 0 Å². The highest BCUT2D eigenvalue weighted by Crippen LogP contribution is 2.18. The standard InChI is InChI=1S/C21H24BrN3O2/c22-18-7-4-8-19(13-18)24-20(26)15-25-11-9-17(10-12-25)21(27)23-14-16-5-2-1-3-6-16/h1-8,13,17H,9-12,14-15H2,(H,23,27)(H,24,26). The summed E-state index contributed by atoms with van der Waals surface area (Å²) in [6.45, 7) is 2.43. The van der Waals surface area contributed by atoms with Crippen LogP contribution in [0.5, 0.6) is 0 Å². The van der Waals surface area contributed by atoms with Gasteiger partial charge in [0.2, 0.25) is 11.8 Å². The van der Waals surface area contributed by atoms with E-state index in [1.165, 1.54) is 0 Å². The molecule has 27 heavy (non-hydrogen) atoms. The summed E-state index contributed by atoms with van der Waals surface area (Å²) < 4.78 is 0.933. The van der Waals surface area contributed by atoms with Gasteiger partial charge in [-0.25, -0.2) is 0 Å². The predicted octanol–water partition coefficient (Wildman–Crippen LogP) is 3.42. The van der Waals surface area contributed by atoms with E-state index in [1.54, 1.807) is 0 Å². The first-order chi connectivity index (χ1) is 13.1. The van der Waals surface area contributed by atoms with E-state index in [4.69, 9.17) is 0 Å². The summed E-state index contributed by atoms with van der Waals surface area (Å²) in [6, 6.07) is 17.5. The minimum atomic E-state index is -0.0277. The Labute approximate surface area is 168 Å². The second-order valence-corrected chi connectivity index (χ2v) is 7.73. The average Bonchev–Trinajstić information content (AvgIpc) is 2.67. The molecule has 0 saturated carbocycles. The van der Waals surface area contributed by atoms with E-state index < -0.39 is 0 Å². The van der Waals surface area contributed by atoms with Crippen LogP contribution in [0.25, 0.3) is 0 Å². The SMILES string of the molecule is O=C(CN1CCC(C(=O)NCc2ccccc2)CC1)Nc1cccc(Br)c1. The molecule has 0 spiro atoms. The van der Waals surface area contributed by atoms with Gasteiger partial charge in [0, 0.05) is 22.6 Å². The highest BCUT2D eigenvalue weighted by molar-refractivity contribution is 9.10. The van der Waals surface area contributed by atoms with Crippen LogP contribution in [0, 0.1) is 5.92 Å². The summed E-state index contributed by atoms with van der Waals surface area (Å²) in [6.07, 6.45) is 1.57. The Morgan fingerprint density at radius 2 is 1.78 bits per heavy atom. The van der Waals surface area contributed by atoms with Crippen molar-refractivity contribution < 1.29 is 9.59 Å². The van der Waals surface area contributed by atoms with Crippen molar-refractivity contribution in [2.24, 2.45) is 5.92 Å². The molecule has 2 aromatic carbocycles. The van der Waals surface area contributed by atoms with Crippen molar-refractivity contribution >= 4 is 33.4 Å². The van der Waals surface area contributed by atoms with E-state index in [9.17, 15) is 9.59 Å². The molecule has 3 rings (SSSR count). The van der Waals surface area contributed by atoms with E-state index >= 15 is 0 Å². The lowest BCUT2D eigenvalue weighted by Gasteiger charge is -2.30. The molecule has 0 aromatic heterocycles. The average molecular weight is 430 g/mol. The monoisotopic (exact) mass is 429 g/mol. The number of carbonyl (C=O) groups excluding carboxylic acids is 2. The Balaban J connectivity index is 1.39. The molecule has 0 unspecified atom stereocenters. The number of likely N-dealkylation sites (tertiary alicyclic amines) is 1. The van der Waals surface area contributed by atoms with Crippen molar-refractivity contribution in [3.05, 3.63) is 64.6 Å². The molecular formula is C21H24BrN3O2. The van der Waals surface area contributed by atoms with Gasteiger partial charge in [-0.1, -0.05) is 52.3 Å². The number of nitrogens with zero attached hydrogens (tertiary/aromatic N) is 1. The lowest BCUT2D eigenvalue weighted by Crippen LogP contribution is -2.43. The van der Waals surface area contributed by atoms with Gasteiger partial charge < -0.3 is 10.6 Å². The number of hydrogen-bond acceptors (Lipinski definition) is 3. The van der Waals surface area contributed by atoms with Crippen LogP contribution in [0.4, 0.5) is 5.69 Å². The molecule has 0 radical (unpaired) electrons. The third-order valence-electron chi connectivity index (χ3n) is 4.74. The van der Waals surface area contributed by atoms with Crippen molar-refractivity contribution in [2.45, 2.75) is 19.4 Å². The molecule has 2 aromatic rings. The normalized spacial score (nSPS) is 15.3. The third kappa shape index (κ3) is 6.19. The first-order valence-electron chi connectivity index (χ1n) is 9.19. The second-order valence-electron chi connectivity index (χ2n) is 6.81. The summed E-state index contributed by atoms with van der Waals surface area (Å²) in [4.78, 5) is 26.7. The third-order valence-corrected chi connectivity index (χ3v) is 5.24. The Kier molecular flexibility index (Phi) is 7.01. The van der Waals surface area contributed by atoms with E-state index in [1.807, 2.05) is 54.6 Å². The van der Waals surface area contributed by atoms with E-state index in [0.29, 0.717) is 13.1 Å². The molecule has 0 aliphatic carbocycles. The predicted molar refractivity (Wildman–Crippen MR) is 110 cm³/mol. The number of hydrogen-bond donors (Lipinski definition) is 2. The number of halogens is 1. The van der Waals surface area contributed by atoms with Crippen LogP contribution in [-0.4, -0.2) is 36.3 Å². The molecule has 5 nitrogen and oxygen atoms in total. The Morgan fingerprint density at radius 1 is 1.04 bits per heavy atom. The first kappa shape index (κ1) is 19.6. The molecule has 142 valence electrons. The van der Waals surface area contributed by atoms with Crippen LogP contribution in [0.15, 0.2) is 59.1 Å². The fourth-order valence-electron chi connectivity index (χ4n) is 3.25. The maximum atomic E-state index is 12.4. The van der Waals surface area contributed by atoms with Crippen molar-refractivity contribution in [3.63, 3.8) is 0 Å². The van der Waals surface area contributed by atoms with Gasteiger partial charge in [0.05, 0.1) is 6.54 Å². The van der Waals surface area contributed by atoms with Gasteiger partial charge in [0.25, 0.3) is 0 Å². The van der Waals surface area contributed by atoms with Crippen LogP contribution < -0.4 is 10.6 Å². The lowest BCUT2D eigenvalue weighted by atomic mass is 9.96. The second kappa shape index (κ2) is 9.67. The quantitative estimate of drug-likeness (QED) is 0.739. The van der Waals surface area contributed by atoms with Crippen molar-refractivity contribution in [3.8, 4) is 0 Å². The van der Waals surface area contributed by atoms with E-state index in [-0.39, 0.29) is 17.7 Å². The molecule has 6 heteroatoms. The van der Waals surface area contributed by atoms with Gasteiger partial charge in [-0.15, -0.1) is 0 Å². The van der Waals surface area contributed by atoms with Crippen LogP contribution in [0.1, 0.15) is 18.4 Å². The van der Waals surface area contributed by atoms with Gasteiger partial charge in [-0.05, 0) is 49.7 Å². The number of nitrogens with one attached hydrogen (secondary N) is 2. The summed E-state index contributed by atoms with van der Waals surface area (Å²) in [5, 5.41) is 5.93. The summed E-state index contributed by atoms with van der Waals surface area (Å²) in [5.41, 5.74) is 1.89. The molecule has 1 aliphatic heterocycles. The van der Waals surface area contributed by atoms with Crippen molar-refractivity contribution in [1.29, 1.82) is 0 Å². The molecule has 0 bridgehead atoms. The molecule has 0 atom stereocenters. The Hall–Kier alpha value is -2.18. The smallest absolute Gasteiger partial charge is 0.238 e. The van der Waals surface area contributed by atoms with Gasteiger partial charge in [-0.2, -0.15) is 0 Å². The molecule has 1 saturated heterocycles. The van der Waals surface area contributed by atoms with E-state index in [2.05, 4.69) is 31.5 Å². The molecule has 1 fully saturated rings. The van der Waals surface area contributed by atoms with Crippen LogP contribution in [0.3, 0.4) is 0 Å². The minimum absolute atomic E-state index is 0.0260. The van der Waals surface area contributed by atoms with E-state index in [0.717, 1.165) is 41.7 Å². The van der Waals surface area contributed by atoms with Crippen LogP contribution in [0.2, 0.25) is 0 Å². The van der Waals surface area contributed by atoms with Crippen molar-refractivity contribution in [2.75, 3.05) is 25.0 Å². The zero-order valence-corrected chi connectivity index (χ0v) is 16.7. The van der Waals surface area contributed by atoms with Crippen LogP contribution >= 0.6 is 15.9 Å². The molecule has 1 aliphatic rings. The highest BCUT2D eigenvalue weighted by atomic mass is 79.9. The number of carbonyl (C=O) groups is 2. The largest absolute Gasteiger partial charge is 0.352 e. The summed E-state index contributed by atoms with van der Waals surface area (Å²) in [5.74, 6) is 0.107. The maximum Gasteiger partial charge on any atom is 0.238 e. The lowest BCUT2D eigenvalue weighted by molar-refractivity contribution is -0.126. The fourth-order valence-corrected chi connectivity index (χ4v) is 3.65. The minimum Gasteiger partial charge on any atom is -0.352 e. The van der Waals surface area contributed by atoms with Gasteiger partial charge >= 0.3 is 0 Å². The number of amides is 2. The fraction of sp³-hybridized carbons (Fsp3) is 0.333. The molecule has 2 N–H and O–H groups in total. The maximum absolute atomic E-state index is 12.4. The zero-order valence-electron chi connectivity index (χ0n) is 15.2. The Morgan fingerprint density at radius 3 is 2.48 bits per heavy atom.